The monoisotopic (exact) mass is 226 g/mol. The summed E-state index contributed by atoms with van der Waals surface area (Å²) >= 11 is 3.92. The Bertz CT molecular complexity index is 256. The summed E-state index contributed by atoms with van der Waals surface area (Å²) in [6, 6.07) is 0. The summed E-state index contributed by atoms with van der Waals surface area (Å²) in [5, 5.41) is 0. The van der Waals surface area contributed by atoms with Gasteiger partial charge in [0.15, 0.2) is 0 Å². The second kappa shape index (κ2) is 5.44. The van der Waals surface area contributed by atoms with Gasteiger partial charge >= 0.3 is 13.8 Å². The Hall–Kier alpha value is -0.290. The Morgan fingerprint density at radius 1 is 1.62 bits per heavy atom. The second-order valence-corrected chi connectivity index (χ2v) is 3.98. The average Bonchev–Trinajstić information content (AvgIpc) is 1.81. The van der Waals surface area contributed by atoms with E-state index in [4.69, 9.17) is 9.79 Å². The molecule has 0 rings (SSSR count). The molecule has 0 aromatic heterocycles. The zero-order valence-corrected chi connectivity index (χ0v) is 8.79. The molecule has 2 N–H and O–H groups in total. The number of allylic oxidation sites excluding steroid dienone is 1. The normalized spacial score (nSPS) is 12.8. The molecule has 0 aliphatic rings. The summed E-state index contributed by atoms with van der Waals surface area (Å²) in [6.07, 6.45) is 1.61. The molecule has 0 saturated heterocycles. The first-order chi connectivity index (χ1) is 5.85. The lowest BCUT2D eigenvalue weighted by Crippen LogP contribution is -1.99. The van der Waals surface area contributed by atoms with Crippen LogP contribution < -0.4 is 0 Å². The van der Waals surface area contributed by atoms with Crippen LogP contribution in [0.25, 0.3) is 0 Å². The molecule has 0 saturated carbocycles. The van der Waals surface area contributed by atoms with Gasteiger partial charge in [-0.1, -0.05) is 5.57 Å². The van der Waals surface area contributed by atoms with Gasteiger partial charge in [-0.05, 0) is 19.1 Å². The SMILES string of the molecule is CC(=CC(=O)OP(=O)(O)O)CCS. The first-order valence-corrected chi connectivity index (χ1v) is 5.58. The average molecular weight is 226 g/mol. The van der Waals surface area contributed by atoms with E-state index in [-0.39, 0.29) is 0 Å². The first kappa shape index (κ1) is 12.7. The van der Waals surface area contributed by atoms with Crippen LogP contribution in [0.15, 0.2) is 11.6 Å². The van der Waals surface area contributed by atoms with Crippen molar-refractivity contribution in [3.63, 3.8) is 0 Å². The molecule has 5 nitrogen and oxygen atoms in total. The smallest absolute Gasteiger partial charge is 0.367 e. The number of phosphoric ester groups is 1. The van der Waals surface area contributed by atoms with Gasteiger partial charge in [-0.3, -0.25) is 9.79 Å². The van der Waals surface area contributed by atoms with Crippen molar-refractivity contribution in [3.8, 4) is 0 Å². The van der Waals surface area contributed by atoms with Crippen LogP contribution in [0.4, 0.5) is 0 Å². The predicted molar refractivity (Wildman–Crippen MR) is 50.4 cm³/mol. The van der Waals surface area contributed by atoms with Gasteiger partial charge < -0.3 is 4.52 Å². The van der Waals surface area contributed by atoms with Crippen molar-refractivity contribution in [2.24, 2.45) is 0 Å². The Morgan fingerprint density at radius 2 is 2.15 bits per heavy atom. The van der Waals surface area contributed by atoms with Crippen molar-refractivity contribution in [3.05, 3.63) is 11.6 Å². The van der Waals surface area contributed by atoms with E-state index in [1.54, 1.807) is 6.92 Å². The minimum Gasteiger partial charge on any atom is -0.367 e. The quantitative estimate of drug-likeness (QED) is 0.376. The Labute approximate surface area is 81.4 Å². The summed E-state index contributed by atoms with van der Waals surface area (Å²) in [5.74, 6) is -0.474. The first-order valence-electron chi connectivity index (χ1n) is 3.42. The minimum absolute atomic E-state index is 0.561. The van der Waals surface area contributed by atoms with Crippen molar-refractivity contribution < 1.29 is 23.7 Å². The van der Waals surface area contributed by atoms with E-state index in [2.05, 4.69) is 17.2 Å². The number of hydrogen-bond acceptors (Lipinski definition) is 4. The van der Waals surface area contributed by atoms with E-state index < -0.39 is 13.8 Å². The van der Waals surface area contributed by atoms with Crippen molar-refractivity contribution in [2.75, 3.05) is 5.75 Å². The summed E-state index contributed by atoms with van der Waals surface area (Å²) in [6.45, 7) is 1.65. The Morgan fingerprint density at radius 3 is 2.54 bits per heavy atom. The molecule has 0 unspecified atom stereocenters. The second-order valence-electron chi connectivity index (χ2n) is 2.37. The van der Waals surface area contributed by atoms with Gasteiger partial charge in [0, 0.05) is 6.08 Å². The fraction of sp³-hybridized carbons (Fsp3) is 0.500. The molecule has 0 aromatic carbocycles. The third kappa shape index (κ3) is 8.05. The van der Waals surface area contributed by atoms with Crippen LogP contribution in [-0.2, 0) is 13.9 Å². The van der Waals surface area contributed by atoms with E-state index in [0.29, 0.717) is 17.7 Å². The lowest BCUT2D eigenvalue weighted by Gasteiger charge is -2.02. The highest BCUT2D eigenvalue weighted by Gasteiger charge is 2.18. The molecular formula is C6H11O5PS. The number of hydrogen-bond donors (Lipinski definition) is 3. The maximum absolute atomic E-state index is 10.7. The third-order valence-corrected chi connectivity index (χ3v) is 1.72. The Kier molecular flexibility index (Phi) is 5.32. The summed E-state index contributed by atoms with van der Waals surface area (Å²) in [5.41, 5.74) is 0.661. The van der Waals surface area contributed by atoms with Gasteiger partial charge in [-0.15, -0.1) is 0 Å². The molecule has 13 heavy (non-hydrogen) atoms. The number of carbonyl (C=O) groups excluding carboxylic acids is 1. The number of rotatable bonds is 4. The molecule has 0 fully saturated rings. The van der Waals surface area contributed by atoms with E-state index in [9.17, 15) is 9.36 Å². The maximum Gasteiger partial charge on any atom is 0.527 e. The standard InChI is InChI=1S/C6H11O5PS/c1-5(2-3-13)4-6(7)11-12(8,9)10/h4,13H,2-3H2,1H3,(H2,8,9,10). The molecule has 0 aliphatic heterocycles. The van der Waals surface area contributed by atoms with E-state index in [1.807, 2.05) is 0 Å². The molecule has 7 heteroatoms. The van der Waals surface area contributed by atoms with Gasteiger partial charge in [0.2, 0.25) is 0 Å². The van der Waals surface area contributed by atoms with E-state index in [1.165, 1.54) is 0 Å². The largest absolute Gasteiger partial charge is 0.527 e. The minimum atomic E-state index is -4.71. The van der Waals surface area contributed by atoms with Crippen LogP contribution in [0, 0.1) is 0 Å². The number of phosphoric acid groups is 1. The number of carbonyl (C=O) groups is 1. The molecule has 76 valence electrons. The molecule has 0 aliphatic carbocycles. The fourth-order valence-electron chi connectivity index (χ4n) is 0.593. The van der Waals surface area contributed by atoms with Crippen LogP contribution in [0.2, 0.25) is 0 Å². The summed E-state index contributed by atoms with van der Waals surface area (Å²) < 4.78 is 14.0. The highest BCUT2D eigenvalue weighted by atomic mass is 32.1. The van der Waals surface area contributed by atoms with Crippen molar-refractivity contribution in [1.29, 1.82) is 0 Å². The Balaban J connectivity index is 4.15. The molecule has 0 atom stereocenters. The zero-order chi connectivity index (χ0) is 10.5. The molecule has 0 heterocycles. The molecule has 0 amide bonds. The summed E-state index contributed by atoms with van der Waals surface area (Å²) in [4.78, 5) is 27.2. The van der Waals surface area contributed by atoms with Gasteiger partial charge in [0.25, 0.3) is 0 Å². The predicted octanol–water partition coefficient (Wildman–Crippen LogP) is 0.888. The van der Waals surface area contributed by atoms with E-state index >= 15 is 0 Å². The van der Waals surface area contributed by atoms with Gasteiger partial charge in [-0.2, -0.15) is 12.6 Å². The van der Waals surface area contributed by atoms with Crippen molar-refractivity contribution >= 4 is 26.4 Å². The van der Waals surface area contributed by atoms with E-state index in [0.717, 1.165) is 6.08 Å². The van der Waals surface area contributed by atoms with Gasteiger partial charge in [0.1, 0.15) is 0 Å². The van der Waals surface area contributed by atoms with Gasteiger partial charge in [-0.25, -0.2) is 9.36 Å². The summed E-state index contributed by atoms with van der Waals surface area (Å²) in [7, 11) is -4.71. The molecule has 0 bridgehead atoms. The number of thiol groups is 1. The van der Waals surface area contributed by atoms with Crippen molar-refractivity contribution in [1.82, 2.24) is 0 Å². The van der Waals surface area contributed by atoms with Crippen LogP contribution in [-0.4, -0.2) is 21.5 Å². The molecule has 0 radical (unpaired) electrons. The van der Waals surface area contributed by atoms with Crippen LogP contribution in [0.5, 0.6) is 0 Å². The molecular weight excluding hydrogens is 215 g/mol. The lowest BCUT2D eigenvalue weighted by molar-refractivity contribution is -0.130. The maximum atomic E-state index is 10.7. The van der Waals surface area contributed by atoms with Crippen LogP contribution >= 0.6 is 20.5 Å². The lowest BCUT2D eigenvalue weighted by atomic mass is 10.2. The highest BCUT2D eigenvalue weighted by molar-refractivity contribution is 7.80. The molecule has 0 aromatic rings. The van der Waals surface area contributed by atoms with Crippen LogP contribution in [0.1, 0.15) is 13.3 Å². The van der Waals surface area contributed by atoms with Crippen molar-refractivity contribution in [2.45, 2.75) is 13.3 Å². The third-order valence-electron chi connectivity index (χ3n) is 1.08. The zero-order valence-electron chi connectivity index (χ0n) is 7.01. The highest BCUT2D eigenvalue weighted by Crippen LogP contribution is 2.36. The van der Waals surface area contributed by atoms with Crippen LogP contribution in [0.3, 0.4) is 0 Å². The van der Waals surface area contributed by atoms with Gasteiger partial charge in [0.05, 0.1) is 0 Å². The molecule has 0 spiro atoms. The fourth-order valence-corrected chi connectivity index (χ4v) is 1.23. The topological polar surface area (TPSA) is 83.8 Å².